The topological polar surface area (TPSA) is 0 Å². The molecule has 3 rings (SSSR count). The minimum Gasteiger partial charge on any atom is -1.00 e. The van der Waals surface area contributed by atoms with Crippen molar-refractivity contribution in [3.05, 3.63) is 61.0 Å². The third-order valence-electron chi connectivity index (χ3n) is 5.91. The van der Waals surface area contributed by atoms with Gasteiger partial charge in [-0.25, -0.2) is 0 Å². The van der Waals surface area contributed by atoms with Gasteiger partial charge in [-0.15, -0.1) is 0 Å². The predicted molar refractivity (Wildman–Crippen MR) is 96.9 cm³/mol. The van der Waals surface area contributed by atoms with Gasteiger partial charge in [0.2, 0.25) is 0 Å². The maximum Gasteiger partial charge on any atom is -1.00 e. The average Bonchev–Trinajstić information content (AvgIpc) is 2.93. The Labute approximate surface area is 199 Å². The molecule has 1 unspecified atom stereocenters. The minimum absolute atomic E-state index is 0. The van der Waals surface area contributed by atoms with E-state index in [1.807, 2.05) is 3.28 Å². The third kappa shape index (κ3) is 4.29. The standard InChI is InChI=1S/C12H13.C10H15.2HI.Zr/c1-2-5-10-8-11-6-3-4-7-12(11)9-10;1-7-6-10(4,5)9(3)8(7)2;;;/h3-4,6-9H,2,5H2,1H3;1-5H3;2*1H;/q;;;;+2/p-2. The van der Waals surface area contributed by atoms with Gasteiger partial charge in [-0.05, 0) is 0 Å². The van der Waals surface area contributed by atoms with Gasteiger partial charge in [0.1, 0.15) is 0 Å². The molecular weight excluding hydrogens is 609 g/mol. The largest absolute Gasteiger partial charge is 1.00 e. The summed E-state index contributed by atoms with van der Waals surface area (Å²) in [6, 6.07) is 9.10. The van der Waals surface area contributed by atoms with Gasteiger partial charge in [0.25, 0.3) is 0 Å². The molecule has 0 N–H and O–H groups in total. The number of hydrogen-bond donors (Lipinski definition) is 0. The summed E-state index contributed by atoms with van der Waals surface area (Å²) in [7, 11) is 0. The Morgan fingerprint density at radius 2 is 1.64 bits per heavy atom. The molecule has 25 heavy (non-hydrogen) atoms. The first-order valence-electron chi connectivity index (χ1n) is 8.83. The zero-order valence-corrected chi connectivity index (χ0v) is 22.9. The molecule has 0 heterocycles. The molecule has 1 aromatic rings. The summed E-state index contributed by atoms with van der Waals surface area (Å²) in [4.78, 5) is 0. The normalized spacial score (nSPS) is 20.6. The molecule has 0 saturated heterocycles. The van der Waals surface area contributed by atoms with Crippen molar-refractivity contribution in [2.45, 2.75) is 58.0 Å². The van der Waals surface area contributed by atoms with Crippen LogP contribution in [0, 0.1) is 5.41 Å². The smallest absolute Gasteiger partial charge is 1.00 e. The van der Waals surface area contributed by atoms with E-state index in [1.54, 1.807) is 27.9 Å². The molecule has 0 radical (unpaired) electrons. The summed E-state index contributed by atoms with van der Waals surface area (Å²) < 4.78 is 2.57. The Bertz CT molecular complexity index is 738. The Balaban J connectivity index is 0.00000156. The van der Waals surface area contributed by atoms with Crippen LogP contribution in [0.15, 0.2) is 49.8 Å². The number of allylic oxidation sites excluding steroid dienone is 5. The number of fused-ring (bicyclic) bond motifs is 1. The molecule has 2 aliphatic carbocycles. The van der Waals surface area contributed by atoms with Crippen LogP contribution >= 0.6 is 0 Å². The number of rotatable bonds is 4. The van der Waals surface area contributed by atoms with E-state index in [4.69, 9.17) is 0 Å². The molecule has 0 saturated carbocycles. The van der Waals surface area contributed by atoms with Crippen LogP contribution in [-0.4, -0.2) is 0 Å². The van der Waals surface area contributed by atoms with Gasteiger partial charge in [-0.1, -0.05) is 0 Å². The van der Waals surface area contributed by atoms with Crippen molar-refractivity contribution in [1.29, 1.82) is 0 Å². The molecule has 0 bridgehead atoms. The van der Waals surface area contributed by atoms with E-state index in [0.29, 0.717) is 0 Å². The second-order valence-electron chi connectivity index (χ2n) is 7.55. The summed E-state index contributed by atoms with van der Waals surface area (Å²) in [5.74, 6) is 0. The second kappa shape index (κ2) is 9.32. The van der Waals surface area contributed by atoms with Crippen molar-refractivity contribution in [3.63, 3.8) is 0 Å². The van der Waals surface area contributed by atoms with E-state index < -0.39 is 23.2 Å². The summed E-state index contributed by atoms with van der Waals surface area (Å²) in [6.45, 7) is 14.2. The van der Waals surface area contributed by atoms with Gasteiger partial charge in [0.15, 0.2) is 0 Å². The molecule has 0 spiro atoms. The Hall–Kier alpha value is 0.783. The van der Waals surface area contributed by atoms with Crippen molar-refractivity contribution >= 4 is 6.08 Å². The summed E-state index contributed by atoms with van der Waals surface area (Å²) in [6.07, 6.45) is 5.02. The van der Waals surface area contributed by atoms with Gasteiger partial charge >= 0.3 is 154 Å². The van der Waals surface area contributed by atoms with Crippen LogP contribution in [0.4, 0.5) is 0 Å². The second-order valence-corrected chi connectivity index (χ2v) is 10.9. The first kappa shape index (κ1) is 23.8. The maximum absolute atomic E-state index is 2.50. The fraction of sp³-hybridized carbons (Fsp3) is 0.455. The van der Waals surface area contributed by atoms with Crippen LogP contribution in [-0.2, 0) is 23.2 Å². The zero-order valence-electron chi connectivity index (χ0n) is 16.1. The average molecular weight is 637 g/mol. The molecule has 0 nitrogen and oxygen atoms in total. The molecule has 0 amide bonds. The molecule has 3 heteroatoms. The number of halogens is 2. The predicted octanol–water partition coefficient (Wildman–Crippen LogP) is 0.666. The zero-order chi connectivity index (χ0) is 16.8. The van der Waals surface area contributed by atoms with E-state index >= 15 is 0 Å². The van der Waals surface area contributed by atoms with Gasteiger partial charge in [-0.2, -0.15) is 0 Å². The molecule has 1 atom stereocenters. The van der Waals surface area contributed by atoms with Crippen molar-refractivity contribution in [3.8, 4) is 0 Å². The van der Waals surface area contributed by atoms with Crippen molar-refractivity contribution in [1.82, 2.24) is 0 Å². The van der Waals surface area contributed by atoms with Crippen LogP contribution < -0.4 is 48.0 Å². The minimum atomic E-state index is -0.702. The first-order chi connectivity index (χ1) is 10.9. The number of hydrogen-bond acceptors (Lipinski definition) is 0. The van der Waals surface area contributed by atoms with Crippen molar-refractivity contribution < 1.29 is 71.2 Å². The van der Waals surface area contributed by atoms with Crippen LogP contribution in [0.3, 0.4) is 0 Å². The molecule has 0 aromatic heterocycles. The monoisotopic (exact) mass is 636 g/mol. The van der Waals surface area contributed by atoms with Gasteiger partial charge in [-0.3, -0.25) is 0 Å². The fourth-order valence-corrected chi connectivity index (χ4v) is 9.18. The Kier molecular flexibility index (Phi) is 8.88. The Morgan fingerprint density at radius 3 is 2.20 bits per heavy atom. The quantitative estimate of drug-likeness (QED) is 0.427. The molecule has 0 fully saturated rings. The van der Waals surface area contributed by atoms with Crippen LogP contribution in [0.5, 0.6) is 0 Å². The van der Waals surface area contributed by atoms with Crippen molar-refractivity contribution in [2.24, 2.45) is 5.41 Å². The summed E-state index contributed by atoms with van der Waals surface area (Å²) >= 11 is -0.702. The third-order valence-corrected chi connectivity index (χ3v) is 11.5. The summed E-state index contributed by atoms with van der Waals surface area (Å²) in [5, 5.41) is 0. The molecule has 0 aliphatic heterocycles. The molecule has 2 aliphatic rings. The van der Waals surface area contributed by atoms with Crippen molar-refractivity contribution in [2.75, 3.05) is 0 Å². The summed E-state index contributed by atoms with van der Waals surface area (Å²) in [5.41, 5.74) is 9.85. The Morgan fingerprint density at radius 1 is 1.00 bits per heavy atom. The molecular formula is C22H28I2Zr. The number of benzene rings is 1. The van der Waals surface area contributed by atoms with E-state index in [2.05, 4.69) is 71.9 Å². The van der Waals surface area contributed by atoms with E-state index in [9.17, 15) is 0 Å². The van der Waals surface area contributed by atoms with Gasteiger partial charge in [0.05, 0.1) is 0 Å². The van der Waals surface area contributed by atoms with E-state index in [1.165, 1.54) is 18.4 Å². The molecule has 134 valence electrons. The van der Waals surface area contributed by atoms with Gasteiger partial charge < -0.3 is 48.0 Å². The van der Waals surface area contributed by atoms with E-state index in [0.717, 1.165) is 3.63 Å². The fourth-order valence-electron chi connectivity index (χ4n) is 4.09. The van der Waals surface area contributed by atoms with Gasteiger partial charge in [0, 0.05) is 0 Å². The first-order valence-corrected chi connectivity index (χ1v) is 11.5. The van der Waals surface area contributed by atoms with E-state index in [-0.39, 0.29) is 53.4 Å². The molecule has 1 aromatic carbocycles. The van der Waals surface area contributed by atoms with Crippen LogP contribution in [0.2, 0.25) is 0 Å². The SMILES string of the molecule is CCCC1=Cc2ccccc2[CH]1[Zr+2][C]1=C(C)C(C)=C(C)C1(C)C.[I-].[I-]. The van der Waals surface area contributed by atoms with Crippen LogP contribution in [0.25, 0.3) is 6.08 Å². The maximum atomic E-state index is 2.50. The van der Waals surface area contributed by atoms with Crippen LogP contribution in [0.1, 0.15) is 69.1 Å².